The van der Waals surface area contributed by atoms with Crippen molar-refractivity contribution in [2.45, 2.75) is 0 Å². The van der Waals surface area contributed by atoms with E-state index in [1.165, 1.54) is 6.07 Å². The molecule has 0 aliphatic carbocycles. The molecule has 4 aromatic rings. The first-order valence-electron chi connectivity index (χ1n) is 9.15. The van der Waals surface area contributed by atoms with Gasteiger partial charge in [-0.15, -0.1) is 0 Å². The van der Waals surface area contributed by atoms with E-state index < -0.39 is 0 Å². The third-order valence-corrected chi connectivity index (χ3v) is 4.66. The zero-order chi connectivity index (χ0) is 21.3. The van der Waals surface area contributed by atoms with Gasteiger partial charge in [-0.3, -0.25) is 20.2 Å². The van der Waals surface area contributed by atoms with Crippen molar-refractivity contribution < 1.29 is 4.74 Å². The Morgan fingerprint density at radius 2 is 1.43 bits per heavy atom. The van der Waals surface area contributed by atoms with Gasteiger partial charge in [-0.05, 0) is 48.5 Å². The maximum Gasteiger partial charge on any atom is 0.255 e. The number of hydrogen-bond acceptors (Lipinski definition) is 4. The van der Waals surface area contributed by atoms with Crippen molar-refractivity contribution in [3.63, 3.8) is 0 Å². The lowest BCUT2D eigenvalue weighted by molar-refractivity contribution is 0.483. The second-order valence-corrected chi connectivity index (χ2v) is 6.74. The molecule has 6 N–H and O–H groups in total. The van der Waals surface area contributed by atoms with Crippen LogP contribution in [-0.2, 0) is 0 Å². The molecule has 0 aliphatic rings. The topological polar surface area (TPSA) is 131 Å². The van der Waals surface area contributed by atoms with Crippen molar-refractivity contribution in [1.29, 1.82) is 10.8 Å². The van der Waals surface area contributed by atoms with Crippen LogP contribution in [0.5, 0.6) is 11.5 Å². The van der Waals surface area contributed by atoms with E-state index in [9.17, 15) is 4.79 Å². The third-order valence-electron chi connectivity index (χ3n) is 4.66. The smallest absolute Gasteiger partial charge is 0.255 e. The van der Waals surface area contributed by atoms with Crippen molar-refractivity contribution in [3.05, 3.63) is 100 Å². The monoisotopic (exact) mass is 397 g/mol. The number of ether oxygens (including phenoxy) is 1. The summed E-state index contributed by atoms with van der Waals surface area (Å²) in [6, 6.07) is 22.6. The molecule has 4 rings (SSSR count). The molecule has 30 heavy (non-hydrogen) atoms. The maximum atomic E-state index is 12.6. The quantitative estimate of drug-likeness (QED) is 0.304. The fourth-order valence-electron chi connectivity index (χ4n) is 3.23. The molecule has 0 bridgehead atoms. The van der Waals surface area contributed by atoms with Crippen LogP contribution in [0.3, 0.4) is 0 Å². The number of fused-ring (bicyclic) bond motifs is 1. The maximum absolute atomic E-state index is 12.6. The molecular formula is C23H19N5O2. The van der Waals surface area contributed by atoms with E-state index in [4.69, 9.17) is 27.0 Å². The van der Waals surface area contributed by atoms with Crippen LogP contribution in [0.2, 0.25) is 0 Å². The van der Waals surface area contributed by atoms with Crippen LogP contribution in [0.1, 0.15) is 11.1 Å². The highest BCUT2D eigenvalue weighted by atomic mass is 16.5. The molecule has 0 unspecified atom stereocenters. The molecule has 0 saturated heterocycles. The van der Waals surface area contributed by atoms with E-state index in [1.54, 1.807) is 71.3 Å². The summed E-state index contributed by atoms with van der Waals surface area (Å²) in [6.45, 7) is 0. The highest BCUT2D eigenvalue weighted by molar-refractivity contribution is 5.96. The first-order chi connectivity index (χ1) is 14.4. The van der Waals surface area contributed by atoms with E-state index in [-0.39, 0.29) is 17.2 Å². The lowest BCUT2D eigenvalue weighted by atomic mass is 10.1. The molecule has 0 spiro atoms. The predicted molar refractivity (Wildman–Crippen MR) is 118 cm³/mol. The molecule has 7 heteroatoms. The van der Waals surface area contributed by atoms with Gasteiger partial charge in [-0.1, -0.05) is 24.3 Å². The Bertz CT molecular complexity index is 1360. The fourth-order valence-corrected chi connectivity index (χ4v) is 3.23. The van der Waals surface area contributed by atoms with Crippen LogP contribution >= 0.6 is 0 Å². The van der Waals surface area contributed by atoms with Crippen molar-refractivity contribution >= 4 is 22.6 Å². The minimum atomic E-state index is -0.189. The van der Waals surface area contributed by atoms with Crippen LogP contribution in [-0.4, -0.2) is 16.2 Å². The Hall–Kier alpha value is -4.39. The summed E-state index contributed by atoms with van der Waals surface area (Å²) < 4.78 is 7.49. The number of benzene rings is 3. The average molecular weight is 397 g/mol. The number of pyridine rings is 1. The number of rotatable bonds is 5. The van der Waals surface area contributed by atoms with Crippen LogP contribution in [0.25, 0.3) is 16.6 Å². The largest absolute Gasteiger partial charge is 0.457 e. The Labute approximate surface area is 172 Å². The van der Waals surface area contributed by atoms with Crippen molar-refractivity contribution in [3.8, 4) is 17.2 Å². The number of nitrogens with zero attached hydrogens (tertiary/aromatic N) is 1. The summed E-state index contributed by atoms with van der Waals surface area (Å²) >= 11 is 0. The highest BCUT2D eigenvalue weighted by Crippen LogP contribution is 2.27. The first-order valence-corrected chi connectivity index (χ1v) is 9.15. The number of nitrogen functional groups attached to an aromatic ring is 2. The zero-order valence-corrected chi connectivity index (χ0v) is 15.9. The minimum absolute atomic E-state index is 0.0317. The molecular weight excluding hydrogens is 378 g/mol. The van der Waals surface area contributed by atoms with E-state index >= 15 is 0 Å². The highest BCUT2D eigenvalue weighted by Gasteiger charge is 2.09. The Kier molecular flexibility index (Phi) is 4.77. The van der Waals surface area contributed by atoms with Gasteiger partial charge in [0.2, 0.25) is 0 Å². The van der Waals surface area contributed by atoms with Crippen molar-refractivity contribution in [2.24, 2.45) is 11.5 Å². The normalized spacial score (nSPS) is 10.7. The standard InChI is InChI=1S/C23H19N5O2/c24-22(25)15-3-1-5-17(11-15)28-20-9-8-19(12-14(20)7-10-21(28)29)30-18-6-2-4-16(13-18)23(26)27/h1-13H,(H3,24,25)(H3,26,27). The fraction of sp³-hybridized carbons (Fsp3) is 0. The van der Waals surface area contributed by atoms with Gasteiger partial charge in [-0.2, -0.15) is 0 Å². The Balaban J connectivity index is 1.77. The van der Waals surface area contributed by atoms with Crippen LogP contribution in [0, 0.1) is 10.8 Å². The average Bonchev–Trinajstić information content (AvgIpc) is 2.74. The summed E-state index contributed by atoms with van der Waals surface area (Å²) in [5.41, 5.74) is 13.4. The first kappa shape index (κ1) is 18.9. The summed E-state index contributed by atoms with van der Waals surface area (Å²) in [5.74, 6) is 1.06. The van der Waals surface area contributed by atoms with Gasteiger partial charge in [0.15, 0.2) is 0 Å². The lowest BCUT2D eigenvalue weighted by Gasteiger charge is -2.13. The molecule has 3 aromatic carbocycles. The van der Waals surface area contributed by atoms with Gasteiger partial charge in [0.05, 0.1) is 5.52 Å². The summed E-state index contributed by atoms with van der Waals surface area (Å²) in [4.78, 5) is 12.6. The van der Waals surface area contributed by atoms with E-state index in [1.807, 2.05) is 6.07 Å². The Morgan fingerprint density at radius 1 is 0.767 bits per heavy atom. The molecule has 0 saturated carbocycles. The predicted octanol–water partition coefficient (Wildman–Crippen LogP) is 3.35. The number of amidine groups is 2. The molecule has 1 heterocycles. The molecule has 0 atom stereocenters. The van der Waals surface area contributed by atoms with E-state index in [0.717, 1.165) is 5.39 Å². The molecule has 1 aromatic heterocycles. The summed E-state index contributed by atoms with van der Waals surface area (Å²) in [7, 11) is 0. The van der Waals surface area contributed by atoms with E-state index in [0.29, 0.717) is 33.8 Å². The zero-order valence-electron chi connectivity index (χ0n) is 15.9. The van der Waals surface area contributed by atoms with Crippen LogP contribution < -0.4 is 21.8 Å². The number of aromatic nitrogens is 1. The SMILES string of the molecule is N=C(N)c1cccc(Oc2ccc3c(ccc(=O)n3-c3cccc(C(=N)N)c3)c2)c1. The van der Waals surface area contributed by atoms with Crippen LogP contribution in [0.15, 0.2) is 83.7 Å². The summed E-state index contributed by atoms with van der Waals surface area (Å²) in [6.07, 6.45) is 0. The molecule has 0 fully saturated rings. The molecule has 0 radical (unpaired) electrons. The van der Waals surface area contributed by atoms with Gasteiger partial charge in [0.25, 0.3) is 5.56 Å². The summed E-state index contributed by atoms with van der Waals surface area (Å²) in [5, 5.41) is 16.0. The number of nitrogens with two attached hydrogens (primary N) is 2. The van der Waals surface area contributed by atoms with Crippen molar-refractivity contribution in [1.82, 2.24) is 4.57 Å². The second kappa shape index (κ2) is 7.56. The number of nitrogens with one attached hydrogen (secondary N) is 2. The molecule has 0 amide bonds. The van der Waals surface area contributed by atoms with Gasteiger partial charge in [0, 0.05) is 28.3 Å². The second-order valence-electron chi connectivity index (χ2n) is 6.74. The van der Waals surface area contributed by atoms with E-state index in [2.05, 4.69) is 0 Å². The van der Waals surface area contributed by atoms with Crippen molar-refractivity contribution in [2.75, 3.05) is 0 Å². The molecule has 7 nitrogen and oxygen atoms in total. The van der Waals surface area contributed by atoms with Gasteiger partial charge >= 0.3 is 0 Å². The van der Waals surface area contributed by atoms with Gasteiger partial charge in [0.1, 0.15) is 23.2 Å². The third kappa shape index (κ3) is 3.64. The minimum Gasteiger partial charge on any atom is -0.457 e. The number of hydrogen-bond donors (Lipinski definition) is 4. The van der Waals surface area contributed by atoms with Gasteiger partial charge in [-0.25, -0.2) is 0 Å². The van der Waals surface area contributed by atoms with Gasteiger partial charge < -0.3 is 16.2 Å². The molecule has 0 aliphatic heterocycles. The van der Waals surface area contributed by atoms with Crippen LogP contribution in [0.4, 0.5) is 0 Å². The Morgan fingerprint density at radius 3 is 2.17 bits per heavy atom. The lowest BCUT2D eigenvalue weighted by Crippen LogP contribution is -2.18. The molecule has 148 valence electrons.